The van der Waals surface area contributed by atoms with Gasteiger partial charge >= 0.3 is 0 Å². The number of carbonyl (C=O) groups is 2. The number of ether oxygens (including phenoxy) is 1. The fraction of sp³-hybridized carbons (Fsp3) is 0.385. The number of thioether (sulfide) groups is 1. The molecule has 0 saturated carbocycles. The highest BCUT2D eigenvalue weighted by molar-refractivity contribution is 7.99. The number of hydrogen-bond acceptors (Lipinski definition) is 4. The molecule has 1 aromatic rings. The van der Waals surface area contributed by atoms with Gasteiger partial charge in [-0.1, -0.05) is 0 Å². The molecule has 0 aliphatic carbocycles. The molecule has 1 unspecified atom stereocenters. The molecule has 19 heavy (non-hydrogen) atoms. The van der Waals surface area contributed by atoms with Crippen molar-refractivity contribution in [3.63, 3.8) is 0 Å². The molecule has 2 amide bonds. The van der Waals surface area contributed by atoms with E-state index in [1.807, 2.05) is 6.92 Å². The van der Waals surface area contributed by atoms with Crippen molar-refractivity contribution in [1.82, 2.24) is 4.90 Å². The quantitative estimate of drug-likeness (QED) is 0.896. The van der Waals surface area contributed by atoms with Crippen LogP contribution in [-0.2, 0) is 4.79 Å². The predicted molar refractivity (Wildman–Crippen MR) is 74.1 cm³/mol. The Balaban J connectivity index is 2.12. The maximum Gasteiger partial charge on any atom is 0.255 e. The van der Waals surface area contributed by atoms with Crippen LogP contribution in [0, 0.1) is 0 Å². The second-order valence-corrected chi connectivity index (χ2v) is 5.15. The van der Waals surface area contributed by atoms with E-state index in [9.17, 15) is 9.59 Å². The number of nitrogens with two attached hydrogens (primary N) is 1. The third-order valence-electron chi connectivity index (χ3n) is 2.88. The SMILES string of the molecule is CCOc1ccc(C(=O)N2CSCC2C(N)=O)cc1. The van der Waals surface area contributed by atoms with E-state index in [-0.39, 0.29) is 5.91 Å². The van der Waals surface area contributed by atoms with Crippen LogP contribution < -0.4 is 10.5 Å². The Bertz CT molecular complexity index is 475. The third-order valence-corrected chi connectivity index (χ3v) is 3.90. The van der Waals surface area contributed by atoms with Crippen molar-refractivity contribution in [3.8, 4) is 5.75 Å². The average Bonchev–Trinajstić information content (AvgIpc) is 2.88. The van der Waals surface area contributed by atoms with E-state index in [1.54, 1.807) is 24.3 Å². The second kappa shape index (κ2) is 5.97. The summed E-state index contributed by atoms with van der Waals surface area (Å²) in [6, 6.07) is 6.39. The van der Waals surface area contributed by atoms with Crippen LogP contribution in [0.25, 0.3) is 0 Å². The van der Waals surface area contributed by atoms with E-state index < -0.39 is 11.9 Å². The fourth-order valence-electron chi connectivity index (χ4n) is 1.90. The van der Waals surface area contributed by atoms with Crippen molar-refractivity contribution in [2.24, 2.45) is 5.73 Å². The zero-order valence-electron chi connectivity index (χ0n) is 10.7. The molecule has 2 N–H and O–H groups in total. The van der Waals surface area contributed by atoms with Gasteiger partial charge in [0, 0.05) is 11.3 Å². The van der Waals surface area contributed by atoms with Gasteiger partial charge in [-0.15, -0.1) is 11.8 Å². The first-order valence-electron chi connectivity index (χ1n) is 6.04. The van der Waals surface area contributed by atoms with Crippen LogP contribution in [0.1, 0.15) is 17.3 Å². The van der Waals surface area contributed by atoms with E-state index in [4.69, 9.17) is 10.5 Å². The van der Waals surface area contributed by atoms with Crippen LogP contribution in [0.15, 0.2) is 24.3 Å². The molecular weight excluding hydrogens is 264 g/mol. The van der Waals surface area contributed by atoms with Gasteiger partial charge in [0.25, 0.3) is 5.91 Å². The Hall–Kier alpha value is -1.69. The van der Waals surface area contributed by atoms with Gasteiger partial charge in [-0.25, -0.2) is 0 Å². The number of benzene rings is 1. The minimum absolute atomic E-state index is 0.170. The number of nitrogens with zero attached hydrogens (tertiary/aromatic N) is 1. The molecule has 1 aromatic carbocycles. The molecular formula is C13H16N2O3S. The molecule has 1 aliphatic rings. The van der Waals surface area contributed by atoms with Crippen molar-refractivity contribution in [3.05, 3.63) is 29.8 Å². The molecule has 1 saturated heterocycles. The van der Waals surface area contributed by atoms with E-state index >= 15 is 0 Å². The van der Waals surface area contributed by atoms with Gasteiger partial charge in [0.15, 0.2) is 0 Å². The summed E-state index contributed by atoms with van der Waals surface area (Å²) in [5.41, 5.74) is 5.84. The zero-order chi connectivity index (χ0) is 13.8. The molecule has 102 valence electrons. The van der Waals surface area contributed by atoms with Gasteiger partial charge < -0.3 is 15.4 Å². The van der Waals surface area contributed by atoms with Gasteiger partial charge in [-0.2, -0.15) is 0 Å². The van der Waals surface area contributed by atoms with Crippen molar-refractivity contribution < 1.29 is 14.3 Å². The molecule has 6 heteroatoms. The lowest BCUT2D eigenvalue weighted by Gasteiger charge is -2.21. The monoisotopic (exact) mass is 280 g/mol. The minimum atomic E-state index is -0.510. The minimum Gasteiger partial charge on any atom is -0.494 e. The Morgan fingerprint density at radius 3 is 2.68 bits per heavy atom. The topological polar surface area (TPSA) is 72.6 Å². The molecule has 1 atom stereocenters. The smallest absolute Gasteiger partial charge is 0.255 e. The summed E-state index contributed by atoms with van der Waals surface area (Å²) < 4.78 is 5.32. The van der Waals surface area contributed by atoms with Gasteiger partial charge in [0.05, 0.1) is 12.5 Å². The molecule has 1 aliphatic heterocycles. The molecule has 2 rings (SSSR count). The van der Waals surface area contributed by atoms with Gasteiger partial charge in [-0.05, 0) is 31.2 Å². The number of carbonyl (C=O) groups excluding carboxylic acids is 2. The van der Waals surface area contributed by atoms with Crippen LogP contribution in [0.4, 0.5) is 0 Å². The van der Waals surface area contributed by atoms with Crippen molar-refractivity contribution in [2.75, 3.05) is 18.2 Å². The Morgan fingerprint density at radius 2 is 2.11 bits per heavy atom. The normalized spacial score (nSPS) is 18.4. The first kappa shape index (κ1) is 13.7. The van der Waals surface area contributed by atoms with Crippen molar-refractivity contribution >= 4 is 23.6 Å². The van der Waals surface area contributed by atoms with Crippen LogP contribution >= 0.6 is 11.8 Å². The lowest BCUT2D eigenvalue weighted by atomic mass is 10.1. The summed E-state index contributed by atoms with van der Waals surface area (Å²) in [7, 11) is 0. The Labute approximate surface area is 116 Å². The number of amides is 2. The summed E-state index contributed by atoms with van der Waals surface area (Å²) in [5.74, 6) is 1.17. The van der Waals surface area contributed by atoms with Crippen molar-refractivity contribution in [1.29, 1.82) is 0 Å². The number of hydrogen-bond donors (Lipinski definition) is 1. The van der Waals surface area contributed by atoms with Gasteiger partial charge in [0.2, 0.25) is 5.91 Å². The van der Waals surface area contributed by atoms with Crippen LogP contribution in [0.2, 0.25) is 0 Å². The standard InChI is InChI=1S/C13H16N2O3S/c1-2-18-10-5-3-9(4-6-10)13(17)15-8-19-7-11(15)12(14)16/h3-6,11H,2,7-8H2,1H3,(H2,14,16). The summed E-state index contributed by atoms with van der Waals surface area (Å²) in [6.45, 7) is 2.48. The molecule has 0 bridgehead atoms. The highest BCUT2D eigenvalue weighted by atomic mass is 32.2. The molecule has 0 radical (unpaired) electrons. The first-order chi connectivity index (χ1) is 9.13. The van der Waals surface area contributed by atoms with E-state index in [2.05, 4.69) is 0 Å². The van der Waals surface area contributed by atoms with Crippen LogP contribution in [0.3, 0.4) is 0 Å². The summed E-state index contributed by atoms with van der Waals surface area (Å²) in [5, 5.41) is 0. The zero-order valence-corrected chi connectivity index (χ0v) is 11.5. The lowest BCUT2D eigenvalue weighted by Crippen LogP contribution is -2.45. The van der Waals surface area contributed by atoms with E-state index in [0.29, 0.717) is 23.8 Å². The maximum atomic E-state index is 12.3. The highest BCUT2D eigenvalue weighted by Crippen LogP contribution is 2.23. The first-order valence-corrected chi connectivity index (χ1v) is 7.20. The molecule has 1 fully saturated rings. The number of rotatable bonds is 4. The number of primary amides is 1. The molecule has 5 nitrogen and oxygen atoms in total. The summed E-state index contributed by atoms with van der Waals surface area (Å²) in [6.07, 6.45) is 0. The summed E-state index contributed by atoms with van der Waals surface area (Å²) in [4.78, 5) is 25.1. The van der Waals surface area contributed by atoms with Crippen molar-refractivity contribution in [2.45, 2.75) is 13.0 Å². The van der Waals surface area contributed by atoms with E-state index in [0.717, 1.165) is 5.75 Å². The van der Waals surface area contributed by atoms with E-state index in [1.165, 1.54) is 16.7 Å². The summed E-state index contributed by atoms with van der Waals surface area (Å²) >= 11 is 1.53. The average molecular weight is 280 g/mol. The Kier molecular flexibility index (Phi) is 4.31. The largest absolute Gasteiger partial charge is 0.494 e. The third kappa shape index (κ3) is 3.01. The second-order valence-electron chi connectivity index (χ2n) is 4.15. The fourth-order valence-corrected chi connectivity index (χ4v) is 3.07. The van der Waals surface area contributed by atoms with Gasteiger partial charge in [0.1, 0.15) is 11.8 Å². The van der Waals surface area contributed by atoms with Crippen LogP contribution in [-0.4, -0.2) is 41.0 Å². The van der Waals surface area contributed by atoms with Crippen LogP contribution in [0.5, 0.6) is 5.75 Å². The Morgan fingerprint density at radius 1 is 1.42 bits per heavy atom. The highest BCUT2D eigenvalue weighted by Gasteiger charge is 2.33. The molecule has 0 spiro atoms. The lowest BCUT2D eigenvalue weighted by molar-refractivity contribution is -0.121. The van der Waals surface area contributed by atoms with Gasteiger partial charge in [-0.3, -0.25) is 9.59 Å². The predicted octanol–water partition coefficient (Wildman–Crippen LogP) is 1.09. The molecule has 0 aromatic heterocycles. The maximum absolute atomic E-state index is 12.3. The molecule has 1 heterocycles.